The molecule has 4 aromatic rings. The molecule has 63 heavy (non-hydrogen) atoms. The average molecular weight is 882 g/mol. The van der Waals surface area contributed by atoms with Crippen molar-refractivity contribution in [2.24, 2.45) is 5.73 Å². The second-order valence-corrected chi connectivity index (χ2v) is 15.7. The Morgan fingerprint density at radius 2 is 1.33 bits per heavy atom. The van der Waals surface area contributed by atoms with E-state index in [1.54, 1.807) is 66.5 Å². The summed E-state index contributed by atoms with van der Waals surface area (Å²) >= 11 is 6.04. The van der Waals surface area contributed by atoms with Crippen molar-refractivity contribution >= 4 is 53.3 Å². The highest BCUT2D eigenvalue weighted by Crippen LogP contribution is 2.42. The van der Waals surface area contributed by atoms with E-state index in [-0.39, 0.29) is 31.3 Å². The Hall–Kier alpha value is -6.78. The number of hydrogen-bond donors (Lipinski definition) is 6. The van der Waals surface area contributed by atoms with E-state index in [0.717, 1.165) is 16.7 Å². The van der Waals surface area contributed by atoms with E-state index in [4.69, 9.17) is 27.1 Å². The molecule has 0 radical (unpaired) electrons. The Morgan fingerprint density at radius 1 is 0.730 bits per heavy atom. The van der Waals surface area contributed by atoms with Crippen LogP contribution in [0, 0.1) is 0 Å². The van der Waals surface area contributed by atoms with Crippen LogP contribution in [0.3, 0.4) is 0 Å². The average Bonchev–Trinajstić information content (AvgIpc) is 3.27. The molecule has 0 saturated heterocycles. The number of ketones is 1. The number of carbonyl (C=O) groups excluding carboxylic acids is 7. The van der Waals surface area contributed by atoms with Gasteiger partial charge in [0.05, 0.1) is 12.6 Å². The summed E-state index contributed by atoms with van der Waals surface area (Å²) in [5, 5.41) is 13.6. The van der Waals surface area contributed by atoms with Gasteiger partial charge in [-0.3, -0.25) is 43.3 Å². The van der Waals surface area contributed by atoms with Gasteiger partial charge in [0.15, 0.2) is 17.3 Å². The molecule has 0 spiro atoms. The normalized spacial score (nSPS) is 13.2. The third-order valence-corrected chi connectivity index (χ3v) is 10.6. The molecule has 16 nitrogen and oxygen atoms in total. The Morgan fingerprint density at radius 3 is 1.94 bits per heavy atom. The zero-order chi connectivity index (χ0) is 45.6. The van der Waals surface area contributed by atoms with Crippen LogP contribution in [0.25, 0.3) is 22.3 Å². The van der Waals surface area contributed by atoms with Crippen LogP contribution in [-0.2, 0) is 41.7 Å². The first-order valence-electron chi connectivity index (χ1n) is 20.5. The number of fused-ring (bicyclic) bond motifs is 3. The third kappa shape index (κ3) is 13.1. The van der Waals surface area contributed by atoms with Gasteiger partial charge >= 0.3 is 0 Å². The predicted molar refractivity (Wildman–Crippen MR) is 236 cm³/mol. The Labute approximate surface area is 370 Å². The van der Waals surface area contributed by atoms with E-state index in [1.165, 1.54) is 20.8 Å². The quantitative estimate of drug-likeness (QED) is 0.0405. The van der Waals surface area contributed by atoms with Crippen molar-refractivity contribution in [3.05, 3.63) is 107 Å². The largest absolute Gasteiger partial charge is 0.352 e. The molecule has 6 amide bonds. The van der Waals surface area contributed by atoms with Gasteiger partial charge in [-0.25, -0.2) is 0 Å². The second kappa shape index (κ2) is 22.4. The number of benzene rings is 4. The third-order valence-electron chi connectivity index (χ3n) is 10.4. The monoisotopic (exact) mass is 881 g/mol. The maximum Gasteiger partial charge on any atom is 0.251 e. The van der Waals surface area contributed by atoms with E-state index >= 15 is 0 Å². The molecule has 5 rings (SSSR count). The summed E-state index contributed by atoms with van der Waals surface area (Å²) in [7, 11) is 1.66. The number of rotatable bonds is 21. The maximum absolute atomic E-state index is 14.0. The first-order valence-corrected chi connectivity index (χ1v) is 20.8. The van der Waals surface area contributed by atoms with Crippen molar-refractivity contribution in [1.29, 1.82) is 0 Å². The zero-order valence-corrected chi connectivity index (χ0v) is 36.3. The first-order chi connectivity index (χ1) is 30.2. The summed E-state index contributed by atoms with van der Waals surface area (Å²) in [4.78, 5) is 102. The van der Waals surface area contributed by atoms with Gasteiger partial charge in [0.2, 0.25) is 30.0 Å². The molecule has 0 fully saturated rings. The zero-order valence-electron chi connectivity index (χ0n) is 35.5. The molecule has 1 aliphatic heterocycles. The van der Waals surface area contributed by atoms with Crippen molar-refractivity contribution in [3.63, 3.8) is 0 Å². The summed E-state index contributed by atoms with van der Waals surface area (Å²) in [5.41, 5.74) is 10.6. The van der Waals surface area contributed by atoms with Gasteiger partial charge in [-0.1, -0.05) is 48.0 Å². The summed E-state index contributed by atoms with van der Waals surface area (Å²) in [6.07, 6.45) is 2.04. The number of halogens is 1. The van der Waals surface area contributed by atoms with Crippen molar-refractivity contribution in [1.82, 2.24) is 31.5 Å². The molecular weight excluding hydrogens is 830 g/mol. The van der Waals surface area contributed by atoms with Gasteiger partial charge in [-0.05, 0) is 110 Å². The van der Waals surface area contributed by atoms with Crippen LogP contribution in [0.2, 0.25) is 5.02 Å². The second-order valence-electron chi connectivity index (χ2n) is 15.3. The Bertz CT molecular complexity index is 2310. The lowest BCUT2D eigenvalue weighted by Gasteiger charge is -2.26. The van der Waals surface area contributed by atoms with Crippen molar-refractivity contribution < 1.29 is 43.3 Å². The van der Waals surface area contributed by atoms with E-state index in [2.05, 4.69) is 26.6 Å². The molecule has 0 aliphatic carbocycles. The molecular formula is C46H52ClN7O9. The fourth-order valence-corrected chi connectivity index (χ4v) is 7.03. The number of hydrogen-bond acceptors (Lipinski definition) is 10. The smallest absolute Gasteiger partial charge is 0.251 e. The van der Waals surface area contributed by atoms with Crippen LogP contribution >= 0.6 is 11.6 Å². The van der Waals surface area contributed by atoms with E-state index in [1.807, 2.05) is 30.3 Å². The van der Waals surface area contributed by atoms with Crippen LogP contribution < -0.4 is 42.1 Å². The van der Waals surface area contributed by atoms with Gasteiger partial charge in [0, 0.05) is 48.6 Å². The molecule has 0 aromatic heterocycles. The first kappa shape index (κ1) is 47.3. The van der Waals surface area contributed by atoms with Gasteiger partial charge in [0.25, 0.3) is 5.91 Å². The summed E-state index contributed by atoms with van der Waals surface area (Å²) in [6.45, 7) is 4.53. The lowest BCUT2D eigenvalue weighted by molar-refractivity contribution is -0.132. The molecule has 0 unspecified atom stereocenters. The van der Waals surface area contributed by atoms with Gasteiger partial charge in [-0.15, -0.1) is 0 Å². The summed E-state index contributed by atoms with van der Waals surface area (Å²) < 4.78 is 0. The fraction of sp³-hybridized carbons (Fsp3) is 0.326. The molecule has 1 heterocycles. The minimum Gasteiger partial charge on any atom is -0.352 e. The minimum absolute atomic E-state index is 0.0258. The lowest BCUT2D eigenvalue weighted by atomic mass is 9.95. The van der Waals surface area contributed by atoms with Crippen LogP contribution in [0.1, 0.15) is 61.5 Å². The number of carbonyl (C=O) groups is 7. The summed E-state index contributed by atoms with van der Waals surface area (Å²) in [6, 6.07) is 21.1. The SMILES string of the molecule is CC(=O)N[C@@H](C)C(=O)N[C@@H](Cc1ccc2c(c1)-c1cc(CN(C)C(=O)[C@H](CCCCN)NC(=O)c3ccc(-c4ccc(Cl)cc4)cc3)ccc1OO2)C(=O)N[C@@H](C)C(=O)CNC=O. The number of amides is 6. The summed E-state index contributed by atoms with van der Waals surface area (Å²) in [5.74, 6) is -2.07. The number of unbranched alkanes of at least 4 members (excludes halogenated alkanes) is 1. The predicted octanol–water partition coefficient (Wildman–Crippen LogP) is 3.62. The highest BCUT2D eigenvalue weighted by Gasteiger charge is 2.29. The highest BCUT2D eigenvalue weighted by molar-refractivity contribution is 6.30. The Balaban J connectivity index is 1.32. The molecule has 1 aliphatic rings. The van der Waals surface area contributed by atoms with Gasteiger partial charge < -0.3 is 37.2 Å². The van der Waals surface area contributed by atoms with Gasteiger partial charge in [-0.2, -0.15) is 0 Å². The van der Waals surface area contributed by atoms with Crippen molar-refractivity contribution in [2.75, 3.05) is 20.1 Å². The Kier molecular flexibility index (Phi) is 16.8. The maximum atomic E-state index is 14.0. The molecule has 4 aromatic carbocycles. The molecule has 0 bridgehead atoms. The minimum atomic E-state index is -1.18. The topological polar surface area (TPSA) is 227 Å². The van der Waals surface area contributed by atoms with Crippen LogP contribution in [0.5, 0.6) is 11.5 Å². The van der Waals surface area contributed by atoms with Crippen molar-refractivity contribution in [3.8, 4) is 33.8 Å². The van der Waals surface area contributed by atoms with E-state index in [9.17, 15) is 33.6 Å². The number of nitrogens with zero attached hydrogens (tertiary/aromatic N) is 1. The molecule has 4 atom stereocenters. The van der Waals surface area contributed by atoms with Crippen molar-refractivity contribution in [2.45, 2.75) is 77.2 Å². The van der Waals surface area contributed by atoms with E-state index < -0.39 is 47.7 Å². The standard InChI is InChI=1S/C46H52ClN7O9/c1-27(40(57)24-49-26-55)51-45(60)39(53-43(58)28(2)50-29(3)56)23-30-8-18-41-36(21-30)37-22-31(9-19-42(37)63-62-41)25-54(4)46(61)38(7-5-6-20-48)52-44(59)34-12-10-32(11-13-34)33-14-16-35(47)17-15-33/h8-19,21-22,26-28,38-39H,5-7,20,23-25,48H2,1-4H3,(H,49,55)(H,50,56)(H,51,60)(H,52,59)(H,53,58)/t27-,28-,38-,39-/m0/s1. The molecule has 332 valence electrons. The fourth-order valence-electron chi connectivity index (χ4n) is 6.90. The van der Waals surface area contributed by atoms with E-state index in [0.29, 0.717) is 71.0 Å². The molecule has 0 saturated carbocycles. The number of nitrogens with two attached hydrogens (primary N) is 1. The molecule has 7 N–H and O–H groups in total. The number of nitrogens with one attached hydrogen (secondary N) is 5. The van der Waals surface area contributed by atoms with Crippen LogP contribution in [-0.4, -0.2) is 90.9 Å². The molecule has 17 heteroatoms. The number of likely N-dealkylation sites (N-methyl/N-ethyl adjacent to an activating group) is 1. The van der Waals surface area contributed by atoms with Crippen LogP contribution in [0.4, 0.5) is 0 Å². The lowest BCUT2D eigenvalue weighted by Crippen LogP contribution is -2.55. The highest BCUT2D eigenvalue weighted by atomic mass is 35.5. The van der Waals surface area contributed by atoms with Crippen LogP contribution in [0.15, 0.2) is 84.9 Å². The number of Topliss-reactive ketones (excluding diaryl/α,β-unsaturated/α-hetero) is 1. The van der Waals surface area contributed by atoms with Gasteiger partial charge in [0.1, 0.15) is 18.1 Å².